The lowest BCUT2D eigenvalue weighted by atomic mass is 10.2. The number of nitrogens with one attached hydrogen (secondary N) is 1. The number of hydrogen-bond donors (Lipinski definition) is 2. The second-order valence-electron chi connectivity index (χ2n) is 2.68. The Morgan fingerprint density at radius 1 is 1.57 bits per heavy atom. The Bertz CT molecular complexity index is 365. The molecule has 0 aliphatic rings. The molecule has 0 aromatic heterocycles. The summed E-state index contributed by atoms with van der Waals surface area (Å²) < 4.78 is 5.76. The van der Waals surface area contributed by atoms with E-state index in [-0.39, 0.29) is 0 Å². The molecule has 0 bridgehead atoms. The number of methoxy groups -OCH3 is 1. The lowest BCUT2D eigenvalue weighted by molar-refractivity contribution is 0.209. The van der Waals surface area contributed by atoms with Crippen LogP contribution in [0, 0.1) is 6.92 Å². The van der Waals surface area contributed by atoms with E-state index < -0.39 is 6.09 Å². The summed E-state index contributed by atoms with van der Waals surface area (Å²) in [5.41, 5.74) is 1.26. The molecule has 0 saturated heterocycles. The normalized spacial score (nSPS) is 9.64. The van der Waals surface area contributed by atoms with E-state index in [1.807, 2.05) is 0 Å². The molecule has 2 N–H and O–H groups in total. The van der Waals surface area contributed by atoms with E-state index >= 15 is 0 Å². The zero-order valence-electron chi connectivity index (χ0n) is 7.80. The molecule has 5 heteroatoms. The van der Waals surface area contributed by atoms with Gasteiger partial charge in [-0.15, -0.1) is 0 Å². The fourth-order valence-electron chi connectivity index (χ4n) is 1.14. The number of rotatable bonds is 2. The molecule has 1 rings (SSSR count). The number of carboxylic acid groups (broad SMARTS) is 1. The minimum atomic E-state index is -1.10. The first kappa shape index (κ1) is 10.8. The molecule has 0 aliphatic carbocycles. The highest BCUT2D eigenvalue weighted by Crippen LogP contribution is 2.32. The topological polar surface area (TPSA) is 58.6 Å². The molecular formula is C9H10BrNO3. The summed E-state index contributed by atoms with van der Waals surface area (Å²) in [4.78, 5) is 10.5. The van der Waals surface area contributed by atoms with Crippen molar-refractivity contribution in [2.24, 2.45) is 0 Å². The van der Waals surface area contributed by atoms with E-state index in [0.717, 1.165) is 5.56 Å². The smallest absolute Gasteiger partial charge is 0.409 e. The van der Waals surface area contributed by atoms with Crippen LogP contribution >= 0.6 is 15.9 Å². The second kappa shape index (κ2) is 4.32. The van der Waals surface area contributed by atoms with E-state index in [9.17, 15) is 4.79 Å². The SMILES string of the molecule is COc1ccc(Br)c(NC(=O)O)c1C. The number of hydrogen-bond acceptors (Lipinski definition) is 2. The van der Waals surface area contributed by atoms with Crippen molar-refractivity contribution in [1.29, 1.82) is 0 Å². The van der Waals surface area contributed by atoms with Crippen LogP contribution in [-0.4, -0.2) is 18.3 Å². The van der Waals surface area contributed by atoms with E-state index in [1.165, 1.54) is 0 Å². The van der Waals surface area contributed by atoms with Gasteiger partial charge in [0.15, 0.2) is 0 Å². The molecule has 76 valence electrons. The largest absolute Gasteiger partial charge is 0.496 e. The van der Waals surface area contributed by atoms with Crippen LogP contribution in [-0.2, 0) is 0 Å². The van der Waals surface area contributed by atoms with E-state index in [4.69, 9.17) is 9.84 Å². The number of carbonyl (C=O) groups is 1. The molecule has 0 spiro atoms. The summed E-state index contributed by atoms with van der Waals surface area (Å²) in [7, 11) is 1.54. The number of halogens is 1. The molecule has 0 radical (unpaired) electrons. The Morgan fingerprint density at radius 3 is 2.71 bits per heavy atom. The maximum absolute atomic E-state index is 10.5. The van der Waals surface area contributed by atoms with Crippen molar-refractivity contribution >= 4 is 27.7 Å². The molecule has 0 heterocycles. The van der Waals surface area contributed by atoms with Crippen LogP contribution in [0.3, 0.4) is 0 Å². The van der Waals surface area contributed by atoms with Crippen molar-refractivity contribution in [2.75, 3.05) is 12.4 Å². The fourth-order valence-corrected chi connectivity index (χ4v) is 1.67. The van der Waals surface area contributed by atoms with Crippen LogP contribution in [0.25, 0.3) is 0 Å². The lowest BCUT2D eigenvalue weighted by Crippen LogP contribution is -2.09. The number of amides is 1. The first-order valence-electron chi connectivity index (χ1n) is 3.89. The second-order valence-corrected chi connectivity index (χ2v) is 3.53. The van der Waals surface area contributed by atoms with Crippen molar-refractivity contribution < 1.29 is 14.6 Å². The highest BCUT2D eigenvalue weighted by atomic mass is 79.9. The molecule has 4 nitrogen and oxygen atoms in total. The third kappa shape index (κ3) is 2.17. The molecule has 0 atom stereocenters. The van der Waals surface area contributed by atoms with Crippen LogP contribution in [0.1, 0.15) is 5.56 Å². The quantitative estimate of drug-likeness (QED) is 0.859. The number of ether oxygens (including phenoxy) is 1. The van der Waals surface area contributed by atoms with Gasteiger partial charge in [-0.3, -0.25) is 5.32 Å². The maximum Gasteiger partial charge on any atom is 0.409 e. The minimum Gasteiger partial charge on any atom is -0.496 e. The summed E-state index contributed by atoms with van der Waals surface area (Å²) in [5, 5.41) is 10.9. The van der Waals surface area contributed by atoms with Crippen LogP contribution < -0.4 is 10.1 Å². The molecule has 1 aromatic rings. The fraction of sp³-hybridized carbons (Fsp3) is 0.222. The summed E-state index contributed by atoms with van der Waals surface area (Å²) in [6.07, 6.45) is -1.10. The standard InChI is InChI=1S/C9H10BrNO3/c1-5-7(14-2)4-3-6(10)8(5)11-9(12)13/h3-4,11H,1-2H3,(H,12,13). The van der Waals surface area contributed by atoms with Crippen molar-refractivity contribution in [3.8, 4) is 5.75 Å². The molecule has 14 heavy (non-hydrogen) atoms. The summed E-state index contributed by atoms with van der Waals surface area (Å²) in [5.74, 6) is 0.650. The third-order valence-corrected chi connectivity index (χ3v) is 2.48. The van der Waals surface area contributed by atoms with Crippen molar-refractivity contribution in [3.63, 3.8) is 0 Å². The average molecular weight is 260 g/mol. The van der Waals surface area contributed by atoms with Gasteiger partial charge >= 0.3 is 6.09 Å². The predicted octanol–water partition coefficient (Wildman–Crippen LogP) is 2.86. The Kier molecular flexibility index (Phi) is 3.35. The first-order chi connectivity index (χ1) is 6.56. The average Bonchev–Trinajstić information content (AvgIpc) is 2.12. The Hall–Kier alpha value is -1.23. The van der Waals surface area contributed by atoms with Crippen molar-refractivity contribution in [2.45, 2.75) is 6.92 Å². The Balaban J connectivity index is 3.18. The van der Waals surface area contributed by atoms with Crippen molar-refractivity contribution in [3.05, 3.63) is 22.2 Å². The summed E-state index contributed by atoms with van der Waals surface area (Å²) in [6.45, 7) is 1.79. The molecule has 0 saturated carbocycles. The Morgan fingerprint density at radius 2 is 2.21 bits per heavy atom. The maximum atomic E-state index is 10.5. The Labute approximate surface area is 90.0 Å². The summed E-state index contributed by atoms with van der Waals surface area (Å²) in [6, 6.07) is 3.50. The summed E-state index contributed by atoms with van der Waals surface area (Å²) >= 11 is 3.26. The molecule has 1 aromatic carbocycles. The minimum absolute atomic E-state index is 0.511. The lowest BCUT2D eigenvalue weighted by Gasteiger charge is -2.11. The van der Waals surface area contributed by atoms with Gasteiger partial charge in [0.1, 0.15) is 5.75 Å². The van der Waals surface area contributed by atoms with Gasteiger partial charge in [0, 0.05) is 10.0 Å². The monoisotopic (exact) mass is 259 g/mol. The van der Waals surface area contributed by atoms with E-state index in [1.54, 1.807) is 26.2 Å². The molecule has 0 fully saturated rings. The third-order valence-electron chi connectivity index (χ3n) is 1.82. The van der Waals surface area contributed by atoms with Gasteiger partial charge in [0.05, 0.1) is 12.8 Å². The predicted molar refractivity (Wildman–Crippen MR) is 57.1 cm³/mol. The van der Waals surface area contributed by atoms with Gasteiger partial charge in [-0.25, -0.2) is 4.79 Å². The number of benzene rings is 1. The molecule has 0 aliphatic heterocycles. The van der Waals surface area contributed by atoms with Crippen LogP contribution in [0.5, 0.6) is 5.75 Å². The van der Waals surface area contributed by atoms with Gasteiger partial charge < -0.3 is 9.84 Å². The van der Waals surface area contributed by atoms with E-state index in [0.29, 0.717) is 15.9 Å². The zero-order chi connectivity index (χ0) is 10.7. The van der Waals surface area contributed by atoms with Gasteiger partial charge in [0.25, 0.3) is 0 Å². The number of anilines is 1. The highest BCUT2D eigenvalue weighted by Gasteiger charge is 2.10. The molecule has 0 unspecified atom stereocenters. The highest BCUT2D eigenvalue weighted by molar-refractivity contribution is 9.10. The van der Waals surface area contributed by atoms with E-state index in [2.05, 4.69) is 21.2 Å². The first-order valence-corrected chi connectivity index (χ1v) is 4.68. The van der Waals surface area contributed by atoms with Gasteiger partial charge in [-0.1, -0.05) is 0 Å². The van der Waals surface area contributed by atoms with Gasteiger partial charge in [0.2, 0.25) is 0 Å². The van der Waals surface area contributed by atoms with Gasteiger partial charge in [-0.05, 0) is 35.0 Å². The molecular weight excluding hydrogens is 250 g/mol. The van der Waals surface area contributed by atoms with Crippen LogP contribution in [0.2, 0.25) is 0 Å². The van der Waals surface area contributed by atoms with Crippen molar-refractivity contribution in [1.82, 2.24) is 0 Å². The molecule has 1 amide bonds. The zero-order valence-corrected chi connectivity index (χ0v) is 9.38. The van der Waals surface area contributed by atoms with Crippen LogP contribution in [0.15, 0.2) is 16.6 Å². The van der Waals surface area contributed by atoms with Crippen LogP contribution in [0.4, 0.5) is 10.5 Å². The van der Waals surface area contributed by atoms with Gasteiger partial charge in [-0.2, -0.15) is 0 Å².